The third-order valence-corrected chi connectivity index (χ3v) is 3.36. The van der Waals surface area contributed by atoms with E-state index in [1.807, 2.05) is 0 Å². The summed E-state index contributed by atoms with van der Waals surface area (Å²) >= 11 is 0. The van der Waals surface area contributed by atoms with Crippen LogP contribution in [0.2, 0.25) is 0 Å². The molecule has 0 saturated carbocycles. The smallest absolute Gasteiger partial charge is 0.0593 e. The minimum atomic E-state index is 0.849. The molecule has 0 bridgehead atoms. The standard InChI is InChI=1S/C14H30N2O/c1-3-8-16(9-11-17-10-4-2)13-14-6-5-7-15-12-14/h14-15H,3-13H2,1-2H3. The van der Waals surface area contributed by atoms with Gasteiger partial charge >= 0.3 is 0 Å². The quantitative estimate of drug-likeness (QED) is 0.627. The fraction of sp³-hybridized carbons (Fsp3) is 1.00. The van der Waals surface area contributed by atoms with Crippen molar-refractivity contribution in [2.45, 2.75) is 39.5 Å². The Labute approximate surface area is 107 Å². The van der Waals surface area contributed by atoms with Gasteiger partial charge in [-0.15, -0.1) is 0 Å². The van der Waals surface area contributed by atoms with Crippen molar-refractivity contribution in [1.82, 2.24) is 10.2 Å². The summed E-state index contributed by atoms with van der Waals surface area (Å²) in [7, 11) is 0. The number of rotatable bonds is 9. The van der Waals surface area contributed by atoms with E-state index in [4.69, 9.17) is 4.74 Å². The molecular formula is C14H30N2O. The number of nitrogens with one attached hydrogen (secondary N) is 1. The molecular weight excluding hydrogens is 212 g/mol. The zero-order valence-corrected chi connectivity index (χ0v) is 11.7. The molecule has 0 aliphatic carbocycles. The molecule has 1 rings (SSSR count). The highest BCUT2D eigenvalue weighted by atomic mass is 16.5. The van der Waals surface area contributed by atoms with Crippen molar-refractivity contribution >= 4 is 0 Å². The van der Waals surface area contributed by atoms with Crippen molar-refractivity contribution in [3.8, 4) is 0 Å². The Balaban J connectivity index is 2.16. The third kappa shape index (κ3) is 7.02. The molecule has 102 valence electrons. The van der Waals surface area contributed by atoms with Crippen molar-refractivity contribution < 1.29 is 4.74 Å². The maximum atomic E-state index is 5.59. The Morgan fingerprint density at radius 2 is 2.06 bits per heavy atom. The summed E-state index contributed by atoms with van der Waals surface area (Å²) < 4.78 is 5.59. The van der Waals surface area contributed by atoms with Crippen LogP contribution in [-0.2, 0) is 4.74 Å². The first kappa shape index (κ1) is 14.9. The fourth-order valence-corrected chi connectivity index (χ4v) is 2.50. The number of nitrogens with zero attached hydrogens (tertiary/aromatic N) is 1. The molecule has 1 aliphatic rings. The van der Waals surface area contributed by atoms with E-state index in [-0.39, 0.29) is 0 Å². The molecule has 1 aliphatic heterocycles. The van der Waals surface area contributed by atoms with E-state index in [0.717, 1.165) is 32.1 Å². The highest BCUT2D eigenvalue weighted by molar-refractivity contribution is 4.72. The van der Waals surface area contributed by atoms with Gasteiger partial charge in [-0.25, -0.2) is 0 Å². The topological polar surface area (TPSA) is 24.5 Å². The molecule has 1 N–H and O–H groups in total. The fourth-order valence-electron chi connectivity index (χ4n) is 2.50. The maximum Gasteiger partial charge on any atom is 0.0593 e. The van der Waals surface area contributed by atoms with Gasteiger partial charge < -0.3 is 15.0 Å². The SMILES string of the molecule is CCCOCCN(CCC)CC1CCCNC1. The molecule has 17 heavy (non-hydrogen) atoms. The van der Waals surface area contributed by atoms with Gasteiger partial charge in [-0.3, -0.25) is 0 Å². The number of ether oxygens (including phenoxy) is 1. The largest absolute Gasteiger partial charge is 0.380 e. The lowest BCUT2D eigenvalue weighted by molar-refractivity contribution is 0.0954. The number of piperidine rings is 1. The van der Waals surface area contributed by atoms with E-state index < -0.39 is 0 Å². The molecule has 0 spiro atoms. The summed E-state index contributed by atoms with van der Waals surface area (Å²) in [4.78, 5) is 2.58. The Hall–Kier alpha value is -0.120. The molecule has 0 aromatic carbocycles. The van der Waals surface area contributed by atoms with Gasteiger partial charge in [0.05, 0.1) is 6.61 Å². The van der Waals surface area contributed by atoms with Crippen molar-refractivity contribution in [2.24, 2.45) is 5.92 Å². The van der Waals surface area contributed by atoms with Gasteiger partial charge in [0.25, 0.3) is 0 Å². The predicted octanol–water partition coefficient (Wildman–Crippen LogP) is 2.12. The summed E-state index contributed by atoms with van der Waals surface area (Å²) in [5.74, 6) is 0.849. The average molecular weight is 242 g/mol. The Morgan fingerprint density at radius 3 is 2.71 bits per heavy atom. The lowest BCUT2D eigenvalue weighted by Gasteiger charge is -2.29. The molecule has 1 saturated heterocycles. The molecule has 0 amide bonds. The second-order valence-corrected chi connectivity index (χ2v) is 5.13. The molecule has 3 nitrogen and oxygen atoms in total. The van der Waals surface area contributed by atoms with Crippen LogP contribution in [0, 0.1) is 5.92 Å². The monoisotopic (exact) mass is 242 g/mol. The summed E-state index contributed by atoms with van der Waals surface area (Å²) in [6.45, 7) is 12.2. The molecule has 3 heteroatoms. The van der Waals surface area contributed by atoms with Crippen LogP contribution >= 0.6 is 0 Å². The molecule has 1 heterocycles. The van der Waals surface area contributed by atoms with Crippen molar-refractivity contribution in [3.63, 3.8) is 0 Å². The highest BCUT2D eigenvalue weighted by Crippen LogP contribution is 2.11. The normalized spacial score (nSPS) is 21.0. The van der Waals surface area contributed by atoms with E-state index in [0.29, 0.717) is 0 Å². The first-order chi connectivity index (χ1) is 8.36. The van der Waals surface area contributed by atoms with Crippen LogP contribution in [0.15, 0.2) is 0 Å². The van der Waals surface area contributed by atoms with E-state index in [9.17, 15) is 0 Å². The third-order valence-electron chi connectivity index (χ3n) is 3.36. The van der Waals surface area contributed by atoms with Gasteiger partial charge in [-0.2, -0.15) is 0 Å². The van der Waals surface area contributed by atoms with Crippen molar-refractivity contribution in [1.29, 1.82) is 0 Å². The summed E-state index contributed by atoms with van der Waals surface area (Å²) in [6.07, 6.45) is 5.11. The number of hydrogen-bond donors (Lipinski definition) is 1. The van der Waals surface area contributed by atoms with Gasteiger partial charge in [-0.05, 0) is 51.2 Å². The van der Waals surface area contributed by atoms with Gasteiger partial charge in [-0.1, -0.05) is 13.8 Å². The van der Waals surface area contributed by atoms with Crippen LogP contribution < -0.4 is 5.32 Å². The second-order valence-electron chi connectivity index (χ2n) is 5.13. The molecule has 1 fully saturated rings. The van der Waals surface area contributed by atoms with Crippen LogP contribution in [0.4, 0.5) is 0 Å². The zero-order valence-electron chi connectivity index (χ0n) is 11.7. The minimum absolute atomic E-state index is 0.849. The van der Waals surface area contributed by atoms with Crippen LogP contribution in [0.5, 0.6) is 0 Å². The van der Waals surface area contributed by atoms with Crippen LogP contribution in [-0.4, -0.2) is 50.8 Å². The lowest BCUT2D eigenvalue weighted by atomic mass is 9.99. The van der Waals surface area contributed by atoms with Crippen LogP contribution in [0.25, 0.3) is 0 Å². The lowest BCUT2D eigenvalue weighted by Crippen LogP contribution is -2.39. The van der Waals surface area contributed by atoms with Crippen molar-refractivity contribution in [2.75, 3.05) is 45.9 Å². The minimum Gasteiger partial charge on any atom is -0.380 e. The molecule has 0 aromatic rings. The number of hydrogen-bond acceptors (Lipinski definition) is 3. The predicted molar refractivity (Wildman–Crippen MR) is 73.4 cm³/mol. The van der Waals surface area contributed by atoms with E-state index >= 15 is 0 Å². The molecule has 0 aromatic heterocycles. The summed E-state index contributed by atoms with van der Waals surface area (Å²) in [5, 5.41) is 3.50. The summed E-state index contributed by atoms with van der Waals surface area (Å²) in [6, 6.07) is 0. The van der Waals surface area contributed by atoms with Crippen LogP contribution in [0.1, 0.15) is 39.5 Å². The maximum absolute atomic E-state index is 5.59. The Kier molecular flexibility index (Phi) is 8.67. The highest BCUT2D eigenvalue weighted by Gasteiger charge is 2.16. The van der Waals surface area contributed by atoms with Crippen LogP contribution in [0.3, 0.4) is 0 Å². The molecule has 0 radical (unpaired) electrons. The van der Waals surface area contributed by atoms with Gasteiger partial charge in [0.1, 0.15) is 0 Å². The average Bonchev–Trinajstić information content (AvgIpc) is 2.36. The van der Waals surface area contributed by atoms with Gasteiger partial charge in [0.15, 0.2) is 0 Å². The molecule has 1 atom stereocenters. The zero-order chi connectivity index (χ0) is 12.3. The summed E-state index contributed by atoms with van der Waals surface area (Å²) in [5.41, 5.74) is 0. The first-order valence-corrected chi connectivity index (χ1v) is 7.37. The molecule has 1 unspecified atom stereocenters. The van der Waals surface area contributed by atoms with E-state index in [1.165, 1.54) is 45.4 Å². The second kappa shape index (κ2) is 9.86. The Morgan fingerprint density at radius 1 is 1.18 bits per heavy atom. The van der Waals surface area contributed by atoms with Crippen molar-refractivity contribution in [3.05, 3.63) is 0 Å². The van der Waals surface area contributed by atoms with E-state index in [1.54, 1.807) is 0 Å². The van der Waals surface area contributed by atoms with Gasteiger partial charge in [0.2, 0.25) is 0 Å². The first-order valence-electron chi connectivity index (χ1n) is 7.37. The Bertz CT molecular complexity index is 170. The van der Waals surface area contributed by atoms with Gasteiger partial charge in [0, 0.05) is 19.7 Å². The van der Waals surface area contributed by atoms with E-state index in [2.05, 4.69) is 24.1 Å².